The predicted molar refractivity (Wildman–Crippen MR) is 107 cm³/mol. The minimum absolute atomic E-state index is 0.0580. The number of para-hydroxylation sites is 1. The van der Waals surface area contributed by atoms with Crippen LogP contribution in [0.3, 0.4) is 0 Å². The Hall–Kier alpha value is -2.82. The summed E-state index contributed by atoms with van der Waals surface area (Å²) in [6, 6.07) is 13.8. The maximum absolute atomic E-state index is 12.9. The zero-order valence-electron chi connectivity index (χ0n) is 15.9. The lowest BCUT2D eigenvalue weighted by atomic mass is 10.0. The highest BCUT2D eigenvalue weighted by Crippen LogP contribution is 2.28. The first-order valence-corrected chi connectivity index (χ1v) is 9.56. The molecule has 27 heavy (non-hydrogen) atoms. The molecule has 2 heterocycles. The van der Waals surface area contributed by atoms with E-state index in [4.69, 9.17) is 0 Å². The summed E-state index contributed by atoms with van der Waals surface area (Å²) >= 11 is 0. The van der Waals surface area contributed by atoms with Crippen LogP contribution in [0.1, 0.15) is 29.5 Å². The van der Waals surface area contributed by atoms with Crippen molar-refractivity contribution in [3.8, 4) is 0 Å². The van der Waals surface area contributed by atoms with Crippen molar-refractivity contribution in [3.63, 3.8) is 0 Å². The van der Waals surface area contributed by atoms with Crippen molar-refractivity contribution in [2.75, 3.05) is 22.9 Å². The van der Waals surface area contributed by atoms with E-state index in [1.165, 1.54) is 11.1 Å². The lowest BCUT2D eigenvalue weighted by Gasteiger charge is -2.30. The number of hydrogen-bond acceptors (Lipinski definition) is 2. The van der Waals surface area contributed by atoms with Gasteiger partial charge in [0.1, 0.15) is 0 Å². The molecule has 1 N–H and O–H groups in total. The molecule has 2 aromatic rings. The molecule has 1 fully saturated rings. The lowest BCUT2D eigenvalue weighted by molar-refractivity contribution is -0.117. The molecule has 5 heteroatoms. The van der Waals surface area contributed by atoms with E-state index in [1.807, 2.05) is 48.2 Å². The van der Waals surface area contributed by atoms with Gasteiger partial charge in [-0.05, 0) is 61.6 Å². The molecule has 0 saturated carbocycles. The number of urea groups is 1. The Morgan fingerprint density at radius 3 is 2.74 bits per heavy atom. The number of fused-ring (bicyclic) bond motifs is 1. The van der Waals surface area contributed by atoms with Gasteiger partial charge in [-0.25, -0.2) is 4.79 Å². The highest BCUT2D eigenvalue weighted by molar-refractivity contribution is 5.98. The largest absolute Gasteiger partial charge is 0.333 e. The van der Waals surface area contributed by atoms with Crippen LogP contribution in [0.4, 0.5) is 16.2 Å². The summed E-state index contributed by atoms with van der Waals surface area (Å²) in [7, 11) is 0. The minimum Gasteiger partial charge on any atom is -0.333 e. The van der Waals surface area contributed by atoms with Crippen molar-refractivity contribution in [2.45, 2.75) is 39.2 Å². The van der Waals surface area contributed by atoms with Gasteiger partial charge < -0.3 is 10.2 Å². The summed E-state index contributed by atoms with van der Waals surface area (Å²) in [5.74, 6) is 0.0580. The van der Waals surface area contributed by atoms with Crippen molar-refractivity contribution in [2.24, 2.45) is 0 Å². The van der Waals surface area contributed by atoms with E-state index in [0.717, 1.165) is 29.8 Å². The fraction of sp³-hybridized carbons (Fsp3) is 0.364. The Bertz CT molecular complexity index is 893. The number of benzene rings is 2. The van der Waals surface area contributed by atoms with Gasteiger partial charge in [0.05, 0.1) is 6.04 Å². The van der Waals surface area contributed by atoms with Crippen LogP contribution >= 0.6 is 0 Å². The van der Waals surface area contributed by atoms with Crippen molar-refractivity contribution < 1.29 is 9.59 Å². The zero-order valence-corrected chi connectivity index (χ0v) is 15.9. The molecular weight excluding hydrogens is 338 g/mol. The van der Waals surface area contributed by atoms with Crippen molar-refractivity contribution in [1.29, 1.82) is 0 Å². The first-order valence-electron chi connectivity index (χ1n) is 9.56. The van der Waals surface area contributed by atoms with Crippen LogP contribution in [-0.2, 0) is 11.2 Å². The van der Waals surface area contributed by atoms with Crippen LogP contribution in [0.2, 0.25) is 0 Å². The molecule has 0 radical (unpaired) electrons. The van der Waals surface area contributed by atoms with Gasteiger partial charge in [0, 0.05) is 30.9 Å². The third-order valence-corrected chi connectivity index (χ3v) is 5.61. The number of carbonyl (C=O) groups excluding carboxylic acids is 2. The Morgan fingerprint density at radius 2 is 1.93 bits per heavy atom. The van der Waals surface area contributed by atoms with Gasteiger partial charge in [0.25, 0.3) is 0 Å². The molecule has 4 rings (SSSR count). The van der Waals surface area contributed by atoms with Crippen LogP contribution < -0.4 is 15.1 Å². The third kappa shape index (κ3) is 3.42. The summed E-state index contributed by atoms with van der Waals surface area (Å²) in [4.78, 5) is 28.9. The molecule has 0 aromatic heterocycles. The number of nitrogens with zero attached hydrogens (tertiary/aromatic N) is 2. The molecule has 1 saturated heterocycles. The van der Waals surface area contributed by atoms with E-state index in [-0.39, 0.29) is 18.0 Å². The van der Waals surface area contributed by atoms with Crippen LogP contribution in [0.15, 0.2) is 42.5 Å². The van der Waals surface area contributed by atoms with Gasteiger partial charge in [0.2, 0.25) is 5.91 Å². The molecule has 0 bridgehead atoms. The molecule has 3 amide bonds. The molecule has 0 aliphatic carbocycles. The Labute approximate surface area is 160 Å². The van der Waals surface area contributed by atoms with Gasteiger partial charge in [-0.2, -0.15) is 0 Å². The summed E-state index contributed by atoms with van der Waals surface area (Å²) in [5.41, 5.74) is 5.47. The fourth-order valence-electron chi connectivity index (χ4n) is 3.94. The number of amides is 3. The number of rotatable bonds is 2. The summed E-state index contributed by atoms with van der Waals surface area (Å²) in [5, 5.41) is 3.07. The average Bonchev–Trinajstić information content (AvgIpc) is 3.03. The number of aryl methyl sites for hydroxylation is 3. The average molecular weight is 363 g/mol. The quantitative estimate of drug-likeness (QED) is 0.887. The second-order valence-corrected chi connectivity index (χ2v) is 7.51. The first kappa shape index (κ1) is 17.6. The van der Waals surface area contributed by atoms with E-state index < -0.39 is 0 Å². The Balaban J connectivity index is 1.46. The van der Waals surface area contributed by atoms with Crippen molar-refractivity contribution in [3.05, 3.63) is 59.2 Å². The molecule has 2 aliphatic heterocycles. The van der Waals surface area contributed by atoms with E-state index >= 15 is 0 Å². The number of carbonyl (C=O) groups is 2. The maximum Gasteiger partial charge on any atom is 0.322 e. The molecule has 0 spiro atoms. The van der Waals surface area contributed by atoms with Gasteiger partial charge in [0.15, 0.2) is 0 Å². The number of hydrogen-bond donors (Lipinski definition) is 1. The van der Waals surface area contributed by atoms with Gasteiger partial charge in [-0.1, -0.05) is 24.3 Å². The van der Waals surface area contributed by atoms with E-state index in [9.17, 15) is 9.59 Å². The highest BCUT2D eigenvalue weighted by Gasteiger charge is 2.33. The van der Waals surface area contributed by atoms with Gasteiger partial charge in [-0.15, -0.1) is 0 Å². The number of anilines is 2. The number of nitrogens with one attached hydrogen (secondary N) is 1. The summed E-state index contributed by atoms with van der Waals surface area (Å²) in [6.45, 7) is 5.34. The van der Waals surface area contributed by atoms with E-state index in [0.29, 0.717) is 19.5 Å². The second kappa shape index (κ2) is 7.06. The smallest absolute Gasteiger partial charge is 0.322 e. The lowest BCUT2D eigenvalue weighted by Crippen LogP contribution is -2.47. The third-order valence-electron chi connectivity index (χ3n) is 5.61. The molecule has 5 nitrogen and oxygen atoms in total. The normalized spacial score (nSPS) is 19.2. The van der Waals surface area contributed by atoms with E-state index in [1.54, 1.807) is 4.90 Å². The topological polar surface area (TPSA) is 52.7 Å². The molecular formula is C22H25N3O2. The Kier molecular flexibility index (Phi) is 4.60. The molecule has 2 aliphatic rings. The molecule has 2 aromatic carbocycles. The van der Waals surface area contributed by atoms with Crippen LogP contribution in [0.25, 0.3) is 0 Å². The maximum atomic E-state index is 12.9. The summed E-state index contributed by atoms with van der Waals surface area (Å²) in [6.07, 6.45) is 2.30. The zero-order chi connectivity index (χ0) is 19.0. The van der Waals surface area contributed by atoms with Crippen molar-refractivity contribution in [1.82, 2.24) is 5.32 Å². The fourth-order valence-corrected chi connectivity index (χ4v) is 3.94. The highest BCUT2D eigenvalue weighted by atomic mass is 16.2. The van der Waals surface area contributed by atoms with Crippen LogP contribution in [-0.4, -0.2) is 31.1 Å². The molecule has 0 unspecified atom stereocenters. The van der Waals surface area contributed by atoms with Gasteiger partial charge >= 0.3 is 6.03 Å². The van der Waals surface area contributed by atoms with Crippen molar-refractivity contribution >= 4 is 23.3 Å². The molecule has 140 valence electrons. The first-order chi connectivity index (χ1) is 13.0. The predicted octanol–water partition coefficient (Wildman–Crippen LogP) is 3.57. The monoisotopic (exact) mass is 363 g/mol. The second-order valence-electron chi connectivity index (χ2n) is 7.51. The van der Waals surface area contributed by atoms with E-state index in [2.05, 4.69) is 18.3 Å². The minimum atomic E-state index is -0.166. The SMILES string of the molecule is Cc1ccc(N2C[C@H](NC(=O)N3CCCc4ccccc43)CC2=O)cc1C. The van der Waals surface area contributed by atoms with Crippen LogP contribution in [0.5, 0.6) is 0 Å². The Morgan fingerprint density at radius 1 is 1.11 bits per heavy atom. The molecule has 1 atom stereocenters. The standard InChI is InChI=1S/C22H25N3O2/c1-15-9-10-19(12-16(15)2)25-14-18(13-21(25)26)23-22(27)24-11-5-7-17-6-3-4-8-20(17)24/h3-4,6,8-10,12,18H,5,7,11,13-14H2,1-2H3,(H,23,27)/t18-/m1/s1. The van der Waals surface area contributed by atoms with Crippen LogP contribution in [0, 0.1) is 13.8 Å². The van der Waals surface area contributed by atoms with Gasteiger partial charge in [-0.3, -0.25) is 9.69 Å². The summed E-state index contributed by atoms with van der Waals surface area (Å²) < 4.78 is 0.